The molecule has 176 valence electrons. The van der Waals surface area contributed by atoms with E-state index in [0.717, 1.165) is 64.1 Å². The lowest BCUT2D eigenvalue weighted by Crippen LogP contribution is -2.47. The zero-order valence-electron chi connectivity index (χ0n) is 19.7. The monoisotopic (exact) mass is 448 g/mol. The maximum absolute atomic E-state index is 12.8. The predicted molar refractivity (Wildman–Crippen MR) is 133 cm³/mol. The third-order valence-electron chi connectivity index (χ3n) is 6.82. The Hall–Kier alpha value is -2.86. The lowest BCUT2D eigenvalue weighted by Gasteiger charge is -2.36. The van der Waals surface area contributed by atoms with Gasteiger partial charge in [0.25, 0.3) is 5.91 Å². The number of hydrogen-bond acceptors (Lipinski definition) is 4. The number of nitrogens with one attached hydrogen (secondary N) is 1. The number of piperidine rings is 1. The molecule has 2 amide bonds. The van der Waals surface area contributed by atoms with Gasteiger partial charge in [-0.3, -0.25) is 14.5 Å². The zero-order chi connectivity index (χ0) is 23.0. The largest absolute Gasteiger partial charge is 0.369 e. The van der Waals surface area contributed by atoms with Gasteiger partial charge in [0.05, 0.1) is 5.92 Å². The summed E-state index contributed by atoms with van der Waals surface area (Å²) in [5.74, 6) is 0.00927. The molecule has 2 aliphatic heterocycles. The van der Waals surface area contributed by atoms with Gasteiger partial charge < -0.3 is 15.1 Å². The topological polar surface area (TPSA) is 55.9 Å². The number of likely N-dealkylation sites (tertiary alicyclic amines) is 1. The molecule has 4 rings (SSSR count). The number of nitrogens with zero attached hydrogens (tertiary/aromatic N) is 3. The van der Waals surface area contributed by atoms with E-state index in [1.165, 1.54) is 5.69 Å². The van der Waals surface area contributed by atoms with Crippen LogP contribution in [0.2, 0.25) is 0 Å². The molecule has 2 aromatic carbocycles. The van der Waals surface area contributed by atoms with Gasteiger partial charge in [0.15, 0.2) is 0 Å². The van der Waals surface area contributed by atoms with Crippen molar-refractivity contribution in [1.29, 1.82) is 0 Å². The molecule has 0 aromatic heterocycles. The molecule has 1 N–H and O–H groups in total. The minimum absolute atomic E-state index is 0.0298. The molecule has 2 aliphatic rings. The third-order valence-corrected chi connectivity index (χ3v) is 6.82. The molecule has 0 saturated carbocycles. The van der Waals surface area contributed by atoms with E-state index in [4.69, 9.17) is 0 Å². The molecule has 0 spiro atoms. The Morgan fingerprint density at radius 1 is 0.939 bits per heavy atom. The smallest absolute Gasteiger partial charge is 0.253 e. The van der Waals surface area contributed by atoms with Crippen molar-refractivity contribution >= 4 is 17.5 Å². The van der Waals surface area contributed by atoms with Crippen molar-refractivity contribution in [2.45, 2.75) is 26.2 Å². The van der Waals surface area contributed by atoms with Gasteiger partial charge >= 0.3 is 0 Å². The van der Waals surface area contributed by atoms with Crippen molar-refractivity contribution in [3.63, 3.8) is 0 Å². The van der Waals surface area contributed by atoms with Crippen molar-refractivity contribution in [3.05, 3.63) is 65.7 Å². The summed E-state index contributed by atoms with van der Waals surface area (Å²) in [4.78, 5) is 32.3. The van der Waals surface area contributed by atoms with Crippen molar-refractivity contribution in [1.82, 2.24) is 15.1 Å². The molecule has 1 unspecified atom stereocenters. The first kappa shape index (κ1) is 23.3. The highest BCUT2D eigenvalue weighted by molar-refractivity contribution is 5.94. The lowest BCUT2D eigenvalue weighted by atomic mass is 9.96. The summed E-state index contributed by atoms with van der Waals surface area (Å²) in [5, 5.41) is 3.12. The summed E-state index contributed by atoms with van der Waals surface area (Å²) in [6.07, 6.45) is 2.68. The second-order valence-corrected chi connectivity index (χ2v) is 9.27. The molecule has 0 bridgehead atoms. The molecule has 2 heterocycles. The van der Waals surface area contributed by atoms with E-state index < -0.39 is 0 Å². The van der Waals surface area contributed by atoms with Crippen LogP contribution in [0.4, 0.5) is 5.69 Å². The van der Waals surface area contributed by atoms with Crippen LogP contribution in [0.25, 0.3) is 0 Å². The number of anilines is 1. The van der Waals surface area contributed by atoms with Crippen LogP contribution in [0.1, 0.15) is 35.2 Å². The standard InChI is InChI=1S/C27H36N4O2/c1-22-10-12-23(13-11-22)27(33)31-16-5-7-24(21-31)26(32)28-14-6-15-29-17-19-30(20-18-29)25-8-3-2-4-9-25/h2-4,8-13,24H,5-7,14-21H2,1H3,(H,28,32). The Bertz CT molecular complexity index is 907. The number of hydrogen-bond donors (Lipinski definition) is 1. The Morgan fingerprint density at radius 2 is 1.67 bits per heavy atom. The molecule has 1 atom stereocenters. The fraction of sp³-hybridized carbons (Fsp3) is 0.481. The molecule has 0 radical (unpaired) electrons. The van der Waals surface area contributed by atoms with Crippen LogP contribution in [0.5, 0.6) is 0 Å². The number of rotatable bonds is 7. The zero-order valence-corrected chi connectivity index (χ0v) is 19.7. The molecule has 33 heavy (non-hydrogen) atoms. The summed E-state index contributed by atoms with van der Waals surface area (Å²) < 4.78 is 0. The molecule has 2 saturated heterocycles. The Balaban J connectivity index is 1.15. The number of carbonyl (C=O) groups is 2. The fourth-order valence-corrected chi connectivity index (χ4v) is 4.78. The van der Waals surface area contributed by atoms with Gasteiger partial charge in [0, 0.05) is 57.1 Å². The van der Waals surface area contributed by atoms with Crippen molar-refractivity contribution < 1.29 is 9.59 Å². The van der Waals surface area contributed by atoms with E-state index in [1.807, 2.05) is 36.1 Å². The van der Waals surface area contributed by atoms with E-state index in [-0.39, 0.29) is 17.7 Å². The molecule has 0 aliphatic carbocycles. The maximum Gasteiger partial charge on any atom is 0.253 e. The molecular weight excluding hydrogens is 412 g/mol. The fourth-order valence-electron chi connectivity index (χ4n) is 4.78. The van der Waals surface area contributed by atoms with Crippen molar-refractivity contribution in [2.24, 2.45) is 5.92 Å². The third kappa shape index (κ3) is 6.35. The number of para-hydroxylation sites is 1. The van der Waals surface area contributed by atoms with Crippen molar-refractivity contribution in [2.75, 3.05) is 57.3 Å². The van der Waals surface area contributed by atoms with Gasteiger partial charge in [-0.1, -0.05) is 35.9 Å². The highest BCUT2D eigenvalue weighted by Crippen LogP contribution is 2.19. The van der Waals surface area contributed by atoms with Gasteiger partial charge in [0.2, 0.25) is 5.91 Å². The van der Waals surface area contributed by atoms with Gasteiger partial charge in [-0.15, -0.1) is 0 Å². The van der Waals surface area contributed by atoms with E-state index in [9.17, 15) is 9.59 Å². The first-order valence-corrected chi connectivity index (χ1v) is 12.3. The van der Waals surface area contributed by atoms with Crippen LogP contribution >= 0.6 is 0 Å². The van der Waals surface area contributed by atoms with E-state index in [2.05, 4.69) is 45.4 Å². The predicted octanol–water partition coefficient (Wildman–Crippen LogP) is 3.18. The van der Waals surface area contributed by atoms with E-state index in [0.29, 0.717) is 18.7 Å². The first-order valence-electron chi connectivity index (χ1n) is 12.3. The van der Waals surface area contributed by atoms with Crippen LogP contribution in [0, 0.1) is 12.8 Å². The van der Waals surface area contributed by atoms with E-state index in [1.54, 1.807) is 0 Å². The highest BCUT2D eigenvalue weighted by atomic mass is 16.2. The van der Waals surface area contributed by atoms with Crippen molar-refractivity contribution in [3.8, 4) is 0 Å². The number of carbonyl (C=O) groups excluding carboxylic acids is 2. The normalized spacial score (nSPS) is 19.4. The molecule has 6 heteroatoms. The quantitative estimate of drug-likeness (QED) is 0.661. The number of aryl methyl sites for hydroxylation is 1. The summed E-state index contributed by atoms with van der Waals surface area (Å²) in [7, 11) is 0. The van der Waals surface area contributed by atoms with Crippen LogP contribution in [0.3, 0.4) is 0 Å². The molecular formula is C27H36N4O2. The number of amides is 2. The minimum atomic E-state index is -0.109. The second-order valence-electron chi connectivity index (χ2n) is 9.27. The average Bonchev–Trinajstić information content (AvgIpc) is 2.87. The number of benzene rings is 2. The summed E-state index contributed by atoms with van der Waals surface area (Å²) in [6, 6.07) is 18.3. The molecule has 2 aromatic rings. The van der Waals surface area contributed by atoms with Gasteiger partial charge in [-0.05, 0) is 57.0 Å². The second kappa shape index (κ2) is 11.3. The average molecular weight is 449 g/mol. The first-order chi connectivity index (χ1) is 16.1. The summed E-state index contributed by atoms with van der Waals surface area (Å²) in [6.45, 7) is 9.16. The van der Waals surface area contributed by atoms with Crippen LogP contribution in [-0.2, 0) is 4.79 Å². The summed E-state index contributed by atoms with van der Waals surface area (Å²) in [5.41, 5.74) is 3.14. The Morgan fingerprint density at radius 3 is 2.39 bits per heavy atom. The molecule has 6 nitrogen and oxygen atoms in total. The van der Waals surface area contributed by atoms with E-state index >= 15 is 0 Å². The highest BCUT2D eigenvalue weighted by Gasteiger charge is 2.28. The maximum atomic E-state index is 12.8. The summed E-state index contributed by atoms with van der Waals surface area (Å²) >= 11 is 0. The lowest BCUT2D eigenvalue weighted by molar-refractivity contribution is -0.126. The SMILES string of the molecule is Cc1ccc(C(=O)N2CCCC(C(=O)NCCCN3CCN(c4ccccc4)CC3)C2)cc1. The van der Waals surface area contributed by atoms with Gasteiger partial charge in [-0.2, -0.15) is 0 Å². The van der Waals surface area contributed by atoms with Crippen LogP contribution in [0.15, 0.2) is 54.6 Å². The Kier molecular flexibility index (Phi) is 8.00. The minimum Gasteiger partial charge on any atom is -0.369 e. The van der Waals surface area contributed by atoms with Crippen LogP contribution in [-0.4, -0.2) is 74.0 Å². The van der Waals surface area contributed by atoms with Gasteiger partial charge in [0.1, 0.15) is 0 Å². The molecule has 2 fully saturated rings. The Labute approximate surface area is 197 Å². The number of piperazine rings is 1. The van der Waals surface area contributed by atoms with Crippen LogP contribution < -0.4 is 10.2 Å². The van der Waals surface area contributed by atoms with Gasteiger partial charge in [-0.25, -0.2) is 0 Å².